The summed E-state index contributed by atoms with van der Waals surface area (Å²) < 4.78 is 0. The summed E-state index contributed by atoms with van der Waals surface area (Å²) in [6.07, 6.45) is 0. The summed E-state index contributed by atoms with van der Waals surface area (Å²) >= 11 is 1.82. The molecule has 0 bridgehead atoms. The highest BCUT2D eigenvalue weighted by atomic mass is 32.1. The zero-order valence-electron chi connectivity index (χ0n) is 9.06. The molecule has 74 valence electrons. The van der Waals surface area contributed by atoms with E-state index < -0.39 is 0 Å². The molecule has 0 radical (unpaired) electrons. The lowest BCUT2D eigenvalue weighted by molar-refractivity contribution is 0.584. The summed E-state index contributed by atoms with van der Waals surface area (Å²) in [6.45, 7) is 9.62. The maximum atomic E-state index is 4.58. The van der Waals surface area contributed by atoms with Gasteiger partial charge in [-0.05, 0) is 14.0 Å². The second kappa shape index (κ2) is 3.76. The van der Waals surface area contributed by atoms with Crippen molar-refractivity contribution >= 4 is 11.3 Å². The van der Waals surface area contributed by atoms with Crippen molar-refractivity contribution < 1.29 is 0 Å². The molecule has 1 N–H and O–H groups in total. The van der Waals surface area contributed by atoms with E-state index >= 15 is 0 Å². The van der Waals surface area contributed by atoms with Gasteiger partial charge in [0.05, 0.1) is 10.7 Å². The van der Waals surface area contributed by atoms with Crippen molar-refractivity contribution in [2.75, 3.05) is 7.05 Å². The first-order valence-electron chi connectivity index (χ1n) is 4.56. The second-order valence-corrected chi connectivity index (χ2v) is 5.39. The van der Waals surface area contributed by atoms with Crippen LogP contribution in [0, 0.1) is 6.92 Å². The van der Waals surface area contributed by atoms with E-state index in [1.54, 1.807) is 0 Å². The molecule has 1 aromatic rings. The lowest BCUT2D eigenvalue weighted by Crippen LogP contribution is -2.10. The van der Waals surface area contributed by atoms with Gasteiger partial charge in [0.1, 0.15) is 0 Å². The lowest BCUT2D eigenvalue weighted by Gasteiger charge is -2.13. The fourth-order valence-electron chi connectivity index (χ4n) is 1.07. The fraction of sp³-hybridized carbons (Fsp3) is 0.700. The third-order valence-electron chi connectivity index (χ3n) is 1.87. The molecular formula is C10H18N2S. The quantitative estimate of drug-likeness (QED) is 0.789. The van der Waals surface area contributed by atoms with Crippen LogP contribution in [0.5, 0.6) is 0 Å². The van der Waals surface area contributed by atoms with E-state index in [1.165, 1.54) is 15.6 Å². The van der Waals surface area contributed by atoms with E-state index in [1.807, 2.05) is 18.4 Å². The summed E-state index contributed by atoms with van der Waals surface area (Å²) in [5, 5.41) is 4.39. The molecule has 3 heteroatoms. The average molecular weight is 198 g/mol. The van der Waals surface area contributed by atoms with Crippen LogP contribution in [-0.4, -0.2) is 12.0 Å². The molecule has 0 aliphatic rings. The van der Waals surface area contributed by atoms with Gasteiger partial charge in [-0.15, -0.1) is 11.3 Å². The predicted octanol–water partition coefficient (Wildman–Crippen LogP) is 2.47. The molecule has 0 aliphatic heterocycles. The van der Waals surface area contributed by atoms with Crippen LogP contribution in [0.15, 0.2) is 0 Å². The number of nitrogens with one attached hydrogen (secondary N) is 1. The van der Waals surface area contributed by atoms with Crippen LogP contribution in [0.25, 0.3) is 0 Å². The number of hydrogen-bond donors (Lipinski definition) is 1. The minimum atomic E-state index is 0.182. The standard InChI is InChI=1S/C10H18N2S/c1-7-8(6-11-5)13-9(12-7)10(2,3)4/h11H,6H2,1-5H3. The number of thiazole rings is 1. The van der Waals surface area contributed by atoms with Crippen LogP contribution in [0.2, 0.25) is 0 Å². The molecule has 0 saturated carbocycles. The Morgan fingerprint density at radius 3 is 2.38 bits per heavy atom. The summed E-state index contributed by atoms with van der Waals surface area (Å²) in [7, 11) is 1.97. The first kappa shape index (κ1) is 10.7. The topological polar surface area (TPSA) is 24.9 Å². The molecule has 0 unspecified atom stereocenters. The summed E-state index contributed by atoms with van der Waals surface area (Å²) in [5.74, 6) is 0. The first-order chi connectivity index (χ1) is 5.95. The van der Waals surface area contributed by atoms with Crippen molar-refractivity contribution in [3.05, 3.63) is 15.6 Å². The number of nitrogens with zero attached hydrogens (tertiary/aromatic N) is 1. The minimum absolute atomic E-state index is 0.182. The molecule has 1 rings (SSSR count). The number of aryl methyl sites for hydroxylation is 1. The molecule has 1 heterocycles. The van der Waals surface area contributed by atoms with Crippen molar-refractivity contribution in [2.45, 2.75) is 39.7 Å². The smallest absolute Gasteiger partial charge is 0.0984 e. The Labute approximate surface area is 84.4 Å². The monoisotopic (exact) mass is 198 g/mol. The predicted molar refractivity (Wildman–Crippen MR) is 58.3 cm³/mol. The van der Waals surface area contributed by atoms with Crippen molar-refractivity contribution in [1.82, 2.24) is 10.3 Å². The van der Waals surface area contributed by atoms with Gasteiger partial charge in [-0.1, -0.05) is 20.8 Å². The van der Waals surface area contributed by atoms with E-state index in [2.05, 4.69) is 38.0 Å². The Bertz CT molecular complexity index is 284. The Morgan fingerprint density at radius 2 is 2.00 bits per heavy atom. The Balaban J connectivity index is 2.95. The summed E-state index contributed by atoms with van der Waals surface area (Å²) in [6, 6.07) is 0. The molecule has 0 atom stereocenters. The zero-order chi connectivity index (χ0) is 10.1. The van der Waals surface area contributed by atoms with Crippen LogP contribution < -0.4 is 5.32 Å². The van der Waals surface area contributed by atoms with E-state index in [-0.39, 0.29) is 5.41 Å². The third-order valence-corrected chi connectivity index (χ3v) is 3.45. The highest BCUT2D eigenvalue weighted by Gasteiger charge is 2.19. The Kier molecular flexibility index (Phi) is 3.09. The first-order valence-corrected chi connectivity index (χ1v) is 5.38. The number of aromatic nitrogens is 1. The van der Waals surface area contributed by atoms with Gasteiger partial charge in [-0.2, -0.15) is 0 Å². The molecule has 0 fully saturated rings. The van der Waals surface area contributed by atoms with Crippen LogP contribution in [0.4, 0.5) is 0 Å². The molecule has 0 spiro atoms. The van der Waals surface area contributed by atoms with Crippen LogP contribution in [0.1, 0.15) is 36.3 Å². The molecule has 1 aromatic heterocycles. The van der Waals surface area contributed by atoms with E-state index in [9.17, 15) is 0 Å². The Hall–Kier alpha value is -0.410. The molecule has 13 heavy (non-hydrogen) atoms. The minimum Gasteiger partial charge on any atom is -0.315 e. The van der Waals surface area contributed by atoms with Gasteiger partial charge in [-0.3, -0.25) is 0 Å². The van der Waals surface area contributed by atoms with Gasteiger partial charge in [0.15, 0.2) is 0 Å². The largest absolute Gasteiger partial charge is 0.315 e. The van der Waals surface area contributed by atoms with Crippen LogP contribution in [-0.2, 0) is 12.0 Å². The molecule has 0 aliphatic carbocycles. The lowest BCUT2D eigenvalue weighted by atomic mass is 9.98. The second-order valence-electron chi connectivity index (χ2n) is 4.31. The van der Waals surface area contributed by atoms with Gasteiger partial charge in [-0.25, -0.2) is 4.98 Å². The third kappa shape index (κ3) is 2.51. The van der Waals surface area contributed by atoms with Gasteiger partial charge in [0.2, 0.25) is 0 Å². The highest BCUT2D eigenvalue weighted by Crippen LogP contribution is 2.28. The SMILES string of the molecule is CNCc1sc(C(C)(C)C)nc1C. The van der Waals surface area contributed by atoms with Gasteiger partial charge in [0, 0.05) is 16.8 Å². The molecule has 0 saturated heterocycles. The van der Waals surface area contributed by atoms with Crippen LogP contribution >= 0.6 is 11.3 Å². The molecular weight excluding hydrogens is 180 g/mol. The molecule has 2 nitrogen and oxygen atoms in total. The van der Waals surface area contributed by atoms with Gasteiger partial charge >= 0.3 is 0 Å². The number of rotatable bonds is 2. The summed E-state index contributed by atoms with van der Waals surface area (Å²) in [4.78, 5) is 5.93. The van der Waals surface area contributed by atoms with E-state index in [4.69, 9.17) is 0 Å². The maximum absolute atomic E-state index is 4.58. The van der Waals surface area contributed by atoms with Crippen LogP contribution in [0.3, 0.4) is 0 Å². The zero-order valence-corrected chi connectivity index (χ0v) is 9.88. The van der Waals surface area contributed by atoms with Crippen molar-refractivity contribution in [3.63, 3.8) is 0 Å². The highest BCUT2D eigenvalue weighted by molar-refractivity contribution is 7.11. The normalized spacial score (nSPS) is 12.1. The van der Waals surface area contributed by atoms with Gasteiger partial charge in [0.25, 0.3) is 0 Å². The van der Waals surface area contributed by atoms with E-state index in [0.717, 1.165) is 6.54 Å². The van der Waals surface area contributed by atoms with Crippen molar-refractivity contribution in [2.24, 2.45) is 0 Å². The maximum Gasteiger partial charge on any atom is 0.0984 e. The average Bonchev–Trinajstić information content (AvgIpc) is 2.32. The fourth-order valence-corrected chi connectivity index (χ4v) is 2.21. The molecule has 0 amide bonds. The van der Waals surface area contributed by atoms with E-state index in [0.29, 0.717) is 0 Å². The Morgan fingerprint density at radius 1 is 1.38 bits per heavy atom. The van der Waals surface area contributed by atoms with Gasteiger partial charge < -0.3 is 5.32 Å². The van der Waals surface area contributed by atoms with Crippen molar-refractivity contribution in [1.29, 1.82) is 0 Å². The number of hydrogen-bond acceptors (Lipinski definition) is 3. The summed E-state index contributed by atoms with van der Waals surface area (Å²) in [5.41, 5.74) is 1.35. The van der Waals surface area contributed by atoms with Crippen molar-refractivity contribution in [3.8, 4) is 0 Å². The molecule has 0 aromatic carbocycles.